The van der Waals surface area contributed by atoms with E-state index < -0.39 is 0 Å². The van der Waals surface area contributed by atoms with E-state index in [1.54, 1.807) is 0 Å². The SMILES string of the molecule is Cc1nc2nc(N3CCOCC3)nc(N3CCC(C)(C)CC3)c2nc1C. The molecule has 140 valence electrons. The van der Waals surface area contributed by atoms with Crippen LogP contribution in [0.25, 0.3) is 11.2 Å². The zero-order valence-electron chi connectivity index (χ0n) is 16.2. The third kappa shape index (κ3) is 3.32. The van der Waals surface area contributed by atoms with E-state index in [0.29, 0.717) is 24.3 Å². The zero-order chi connectivity index (χ0) is 18.3. The van der Waals surface area contributed by atoms with Gasteiger partial charge in [-0.2, -0.15) is 9.97 Å². The summed E-state index contributed by atoms with van der Waals surface area (Å²) in [5, 5.41) is 0. The number of fused-ring (bicyclic) bond motifs is 1. The molecule has 0 amide bonds. The Bertz CT molecular complexity index is 805. The lowest BCUT2D eigenvalue weighted by molar-refractivity contribution is 0.122. The monoisotopic (exact) mass is 356 g/mol. The highest BCUT2D eigenvalue weighted by molar-refractivity contribution is 5.84. The van der Waals surface area contributed by atoms with Crippen molar-refractivity contribution in [1.82, 2.24) is 19.9 Å². The molecular formula is C19H28N6O. The van der Waals surface area contributed by atoms with E-state index in [9.17, 15) is 0 Å². The summed E-state index contributed by atoms with van der Waals surface area (Å²) in [6, 6.07) is 0. The highest BCUT2D eigenvalue weighted by atomic mass is 16.5. The van der Waals surface area contributed by atoms with Gasteiger partial charge in [-0.25, -0.2) is 9.97 Å². The van der Waals surface area contributed by atoms with Crippen LogP contribution < -0.4 is 9.80 Å². The van der Waals surface area contributed by atoms with Crippen LogP contribution in [0, 0.1) is 19.3 Å². The van der Waals surface area contributed by atoms with Crippen molar-refractivity contribution in [2.24, 2.45) is 5.41 Å². The first kappa shape index (κ1) is 17.4. The van der Waals surface area contributed by atoms with E-state index in [0.717, 1.165) is 67.7 Å². The molecule has 0 aromatic carbocycles. The smallest absolute Gasteiger partial charge is 0.229 e. The first-order chi connectivity index (χ1) is 12.4. The van der Waals surface area contributed by atoms with Crippen molar-refractivity contribution in [2.45, 2.75) is 40.5 Å². The van der Waals surface area contributed by atoms with Gasteiger partial charge in [0.1, 0.15) is 0 Å². The van der Waals surface area contributed by atoms with E-state index in [-0.39, 0.29) is 0 Å². The van der Waals surface area contributed by atoms with Gasteiger partial charge in [0.25, 0.3) is 0 Å². The molecule has 7 nitrogen and oxygen atoms in total. The van der Waals surface area contributed by atoms with E-state index in [4.69, 9.17) is 24.7 Å². The van der Waals surface area contributed by atoms with Gasteiger partial charge in [-0.05, 0) is 32.1 Å². The van der Waals surface area contributed by atoms with Crippen LogP contribution in [0.15, 0.2) is 0 Å². The Kier molecular flexibility index (Phi) is 4.42. The molecule has 2 aromatic heterocycles. The third-order valence-electron chi connectivity index (χ3n) is 5.62. The van der Waals surface area contributed by atoms with Gasteiger partial charge < -0.3 is 14.5 Å². The molecule has 7 heteroatoms. The highest BCUT2D eigenvalue weighted by Gasteiger charge is 2.28. The Hall–Kier alpha value is -2.02. The molecule has 2 saturated heterocycles. The molecular weight excluding hydrogens is 328 g/mol. The lowest BCUT2D eigenvalue weighted by Gasteiger charge is -2.38. The van der Waals surface area contributed by atoms with Crippen LogP contribution in [0.5, 0.6) is 0 Å². The average molecular weight is 356 g/mol. The normalized spacial score (nSPS) is 20.6. The highest BCUT2D eigenvalue weighted by Crippen LogP contribution is 2.34. The number of hydrogen-bond donors (Lipinski definition) is 0. The summed E-state index contributed by atoms with van der Waals surface area (Å²) in [5.74, 6) is 1.68. The second kappa shape index (κ2) is 6.61. The molecule has 0 unspecified atom stereocenters. The van der Waals surface area contributed by atoms with Crippen LogP contribution in [0.1, 0.15) is 38.1 Å². The van der Waals surface area contributed by atoms with Crippen LogP contribution in [-0.4, -0.2) is 59.3 Å². The number of ether oxygens (including phenoxy) is 1. The molecule has 0 radical (unpaired) electrons. The number of rotatable bonds is 2. The molecule has 2 aromatic rings. The van der Waals surface area contributed by atoms with Crippen molar-refractivity contribution >= 4 is 22.9 Å². The van der Waals surface area contributed by atoms with E-state index in [2.05, 4.69) is 23.6 Å². The Morgan fingerprint density at radius 1 is 0.808 bits per heavy atom. The van der Waals surface area contributed by atoms with Crippen LogP contribution in [-0.2, 0) is 4.74 Å². The minimum absolute atomic E-state index is 0.393. The minimum Gasteiger partial charge on any atom is -0.378 e. The quantitative estimate of drug-likeness (QED) is 0.819. The first-order valence-corrected chi connectivity index (χ1v) is 9.54. The summed E-state index contributed by atoms with van der Waals surface area (Å²) in [6.45, 7) is 13.7. The van der Waals surface area contributed by atoms with Gasteiger partial charge in [-0.1, -0.05) is 13.8 Å². The molecule has 0 saturated carbocycles. The molecule has 4 rings (SSSR count). The lowest BCUT2D eigenvalue weighted by Crippen LogP contribution is -2.40. The largest absolute Gasteiger partial charge is 0.378 e. The fourth-order valence-electron chi connectivity index (χ4n) is 3.54. The first-order valence-electron chi connectivity index (χ1n) is 9.54. The number of hydrogen-bond acceptors (Lipinski definition) is 7. The minimum atomic E-state index is 0.393. The maximum Gasteiger partial charge on any atom is 0.229 e. The molecule has 0 N–H and O–H groups in total. The molecule has 0 spiro atoms. The maximum absolute atomic E-state index is 5.48. The van der Waals surface area contributed by atoms with Crippen LogP contribution in [0.4, 0.5) is 11.8 Å². The summed E-state index contributed by atoms with van der Waals surface area (Å²) >= 11 is 0. The van der Waals surface area contributed by atoms with Crippen molar-refractivity contribution in [3.63, 3.8) is 0 Å². The maximum atomic E-state index is 5.48. The van der Waals surface area contributed by atoms with Gasteiger partial charge in [0, 0.05) is 26.2 Å². The summed E-state index contributed by atoms with van der Waals surface area (Å²) in [4.78, 5) is 23.8. The zero-order valence-corrected chi connectivity index (χ0v) is 16.2. The van der Waals surface area contributed by atoms with Gasteiger partial charge in [0.05, 0.1) is 24.6 Å². The Morgan fingerprint density at radius 2 is 1.46 bits per heavy atom. The van der Waals surface area contributed by atoms with Crippen LogP contribution in [0.2, 0.25) is 0 Å². The lowest BCUT2D eigenvalue weighted by atomic mass is 9.83. The molecule has 0 bridgehead atoms. The number of aryl methyl sites for hydroxylation is 2. The van der Waals surface area contributed by atoms with Crippen molar-refractivity contribution in [2.75, 3.05) is 49.2 Å². The van der Waals surface area contributed by atoms with E-state index >= 15 is 0 Å². The van der Waals surface area contributed by atoms with Crippen LogP contribution in [0.3, 0.4) is 0 Å². The number of nitrogens with zero attached hydrogens (tertiary/aromatic N) is 6. The molecule has 0 aliphatic carbocycles. The summed E-state index contributed by atoms with van der Waals surface area (Å²) in [6.07, 6.45) is 2.31. The molecule has 2 aliphatic rings. The summed E-state index contributed by atoms with van der Waals surface area (Å²) in [5.41, 5.74) is 3.78. The molecule has 4 heterocycles. The van der Waals surface area contributed by atoms with Crippen molar-refractivity contribution < 1.29 is 4.74 Å². The second-order valence-electron chi connectivity index (χ2n) is 8.16. The third-order valence-corrected chi connectivity index (χ3v) is 5.62. The fraction of sp³-hybridized carbons (Fsp3) is 0.684. The Labute approximate surface area is 154 Å². The Balaban J connectivity index is 1.79. The van der Waals surface area contributed by atoms with Crippen LogP contribution >= 0.6 is 0 Å². The Morgan fingerprint density at radius 3 is 2.15 bits per heavy atom. The number of piperidine rings is 1. The molecule has 2 fully saturated rings. The number of morpholine rings is 1. The predicted octanol–water partition coefficient (Wildman–Crippen LogP) is 2.50. The molecule has 0 atom stereocenters. The number of anilines is 2. The van der Waals surface area contributed by atoms with Gasteiger partial charge in [0.2, 0.25) is 5.95 Å². The summed E-state index contributed by atoms with van der Waals surface area (Å²) in [7, 11) is 0. The predicted molar refractivity (Wildman–Crippen MR) is 103 cm³/mol. The van der Waals surface area contributed by atoms with Gasteiger partial charge in [-0.3, -0.25) is 0 Å². The summed E-state index contributed by atoms with van der Waals surface area (Å²) < 4.78 is 5.48. The molecule has 26 heavy (non-hydrogen) atoms. The van der Waals surface area contributed by atoms with Gasteiger partial charge in [-0.15, -0.1) is 0 Å². The van der Waals surface area contributed by atoms with Gasteiger partial charge >= 0.3 is 0 Å². The van der Waals surface area contributed by atoms with Crippen molar-refractivity contribution in [1.29, 1.82) is 0 Å². The molecule has 2 aliphatic heterocycles. The van der Waals surface area contributed by atoms with Gasteiger partial charge in [0.15, 0.2) is 17.0 Å². The topological polar surface area (TPSA) is 67.3 Å². The average Bonchev–Trinajstić information content (AvgIpc) is 2.63. The van der Waals surface area contributed by atoms with Crippen molar-refractivity contribution in [3.8, 4) is 0 Å². The van der Waals surface area contributed by atoms with E-state index in [1.807, 2.05) is 13.8 Å². The second-order valence-corrected chi connectivity index (χ2v) is 8.16. The fourth-order valence-corrected chi connectivity index (χ4v) is 3.54. The standard InChI is InChI=1S/C19H28N6O/c1-13-14(2)21-16-15(20-13)17(24-7-5-19(3,4)6-8-24)23-18(22-16)25-9-11-26-12-10-25/h5-12H2,1-4H3. The number of aromatic nitrogens is 4. The van der Waals surface area contributed by atoms with E-state index in [1.165, 1.54) is 0 Å². The van der Waals surface area contributed by atoms with Crippen molar-refractivity contribution in [3.05, 3.63) is 11.4 Å².